The van der Waals surface area contributed by atoms with Crippen molar-refractivity contribution < 1.29 is 13.2 Å². The molecule has 96 valence electrons. The predicted molar refractivity (Wildman–Crippen MR) is 63.7 cm³/mol. The zero-order valence-electron chi connectivity index (χ0n) is 10.1. The van der Waals surface area contributed by atoms with Crippen molar-refractivity contribution in [3.05, 3.63) is 58.5 Å². The molecule has 0 aliphatic rings. The van der Waals surface area contributed by atoms with E-state index < -0.39 is 17.7 Å². The number of nitrogens with two attached hydrogens (primary N) is 1. The second kappa shape index (κ2) is 4.88. The van der Waals surface area contributed by atoms with Crippen LogP contribution in [0.2, 0.25) is 0 Å². The number of hydrogen-bond donors (Lipinski definition) is 2. The maximum Gasteiger partial charge on any atom is 0.134 e. The number of halogens is 2. The van der Waals surface area contributed by atoms with Crippen LogP contribution >= 0.6 is 0 Å². The van der Waals surface area contributed by atoms with Gasteiger partial charge < -0.3 is 4.42 Å². The Balaban J connectivity index is 2.55. The molecule has 0 bridgehead atoms. The summed E-state index contributed by atoms with van der Waals surface area (Å²) in [4.78, 5) is 0. The fourth-order valence-corrected chi connectivity index (χ4v) is 1.90. The Morgan fingerprint density at radius 1 is 1.28 bits per heavy atom. The molecule has 0 spiro atoms. The number of rotatable bonds is 3. The quantitative estimate of drug-likeness (QED) is 0.652. The third kappa shape index (κ3) is 2.14. The van der Waals surface area contributed by atoms with Crippen LogP contribution in [0.25, 0.3) is 0 Å². The molecule has 0 fully saturated rings. The number of hydrazine groups is 1. The summed E-state index contributed by atoms with van der Waals surface area (Å²) < 4.78 is 33.0. The van der Waals surface area contributed by atoms with Crippen molar-refractivity contribution in [3.8, 4) is 0 Å². The minimum absolute atomic E-state index is 0.0988. The second-order valence-corrected chi connectivity index (χ2v) is 4.18. The highest BCUT2D eigenvalue weighted by molar-refractivity contribution is 5.35. The van der Waals surface area contributed by atoms with Gasteiger partial charge in [0.25, 0.3) is 0 Å². The molecule has 2 rings (SSSR count). The first-order valence-electron chi connectivity index (χ1n) is 5.50. The van der Waals surface area contributed by atoms with Crippen LogP contribution < -0.4 is 11.3 Å². The molecule has 1 unspecified atom stereocenters. The molecule has 1 heterocycles. The van der Waals surface area contributed by atoms with E-state index in [0.29, 0.717) is 16.9 Å². The average Bonchev–Trinajstić information content (AvgIpc) is 2.76. The molecular formula is C13H14F2N2O. The first-order valence-corrected chi connectivity index (χ1v) is 5.50. The van der Waals surface area contributed by atoms with Gasteiger partial charge >= 0.3 is 0 Å². The lowest BCUT2D eigenvalue weighted by Gasteiger charge is -2.17. The van der Waals surface area contributed by atoms with Crippen molar-refractivity contribution in [1.29, 1.82) is 0 Å². The Kier molecular flexibility index (Phi) is 3.45. The van der Waals surface area contributed by atoms with E-state index in [1.54, 1.807) is 19.9 Å². The third-order valence-electron chi connectivity index (χ3n) is 2.86. The molecule has 0 saturated heterocycles. The Morgan fingerprint density at radius 2 is 2.00 bits per heavy atom. The van der Waals surface area contributed by atoms with Gasteiger partial charge in [-0.05, 0) is 31.5 Å². The summed E-state index contributed by atoms with van der Waals surface area (Å²) in [5.74, 6) is 4.82. The van der Waals surface area contributed by atoms with Gasteiger partial charge in [-0.15, -0.1) is 0 Å². The van der Waals surface area contributed by atoms with Gasteiger partial charge in [0.2, 0.25) is 0 Å². The Hall–Kier alpha value is -1.72. The molecule has 0 aliphatic carbocycles. The minimum atomic E-state index is -0.776. The molecule has 0 aliphatic heterocycles. The molecule has 3 nitrogen and oxygen atoms in total. The van der Waals surface area contributed by atoms with Crippen LogP contribution in [-0.4, -0.2) is 0 Å². The van der Waals surface area contributed by atoms with Crippen LogP contribution in [0, 0.1) is 25.5 Å². The monoisotopic (exact) mass is 252 g/mol. The molecule has 1 aromatic heterocycles. The highest BCUT2D eigenvalue weighted by Crippen LogP contribution is 2.28. The van der Waals surface area contributed by atoms with Crippen molar-refractivity contribution in [2.24, 2.45) is 5.84 Å². The lowest BCUT2D eigenvalue weighted by Crippen LogP contribution is -2.30. The zero-order valence-corrected chi connectivity index (χ0v) is 10.1. The summed E-state index contributed by atoms with van der Waals surface area (Å²) in [6.45, 7) is 3.33. The van der Waals surface area contributed by atoms with Gasteiger partial charge in [0.15, 0.2) is 0 Å². The average molecular weight is 252 g/mol. The Bertz CT molecular complexity index is 566. The standard InChI is InChI=1S/C13H14F2N2O/c1-7-3-4-10(14)11(12(7)15)13(17-16)9-5-8(2)18-6-9/h3-6,13,17H,16H2,1-2H3. The lowest BCUT2D eigenvalue weighted by atomic mass is 9.98. The summed E-state index contributed by atoms with van der Waals surface area (Å²) in [6.07, 6.45) is 1.43. The SMILES string of the molecule is Cc1cc(C(NN)c2c(F)ccc(C)c2F)co1. The van der Waals surface area contributed by atoms with Crippen LogP contribution in [0.15, 0.2) is 28.9 Å². The van der Waals surface area contributed by atoms with Crippen LogP contribution in [0.3, 0.4) is 0 Å². The van der Waals surface area contributed by atoms with E-state index >= 15 is 0 Å². The van der Waals surface area contributed by atoms with Crippen LogP contribution in [0.5, 0.6) is 0 Å². The smallest absolute Gasteiger partial charge is 0.134 e. The molecule has 0 saturated carbocycles. The largest absolute Gasteiger partial charge is 0.469 e. The fourth-order valence-electron chi connectivity index (χ4n) is 1.90. The molecule has 1 atom stereocenters. The number of hydrogen-bond acceptors (Lipinski definition) is 3. The fraction of sp³-hybridized carbons (Fsp3) is 0.231. The van der Waals surface area contributed by atoms with Crippen molar-refractivity contribution in [3.63, 3.8) is 0 Å². The Morgan fingerprint density at radius 3 is 2.56 bits per heavy atom. The first kappa shape index (κ1) is 12.7. The topological polar surface area (TPSA) is 51.2 Å². The van der Waals surface area contributed by atoms with E-state index in [1.807, 2.05) is 0 Å². The van der Waals surface area contributed by atoms with Gasteiger partial charge in [-0.3, -0.25) is 5.84 Å². The summed E-state index contributed by atoms with van der Waals surface area (Å²) in [6, 6.07) is 3.53. The molecule has 2 aromatic rings. The van der Waals surface area contributed by atoms with Gasteiger partial charge in [0, 0.05) is 11.1 Å². The molecule has 18 heavy (non-hydrogen) atoms. The van der Waals surface area contributed by atoms with Gasteiger partial charge in [-0.1, -0.05) is 6.07 Å². The van der Waals surface area contributed by atoms with E-state index in [1.165, 1.54) is 18.4 Å². The summed E-state index contributed by atoms with van der Waals surface area (Å²) in [5, 5.41) is 0. The van der Waals surface area contributed by atoms with Crippen LogP contribution in [0.1, 0.15) is 28.5 Å². The maximum absolute atomic E-state index is 14.0. The van der Waals surface area contributed by atoms with Crippen molar-refractivity contribution in [2.75, 3.05) is 0 Å². The van der Waals surface area contributed by atoms with Crippen LogP contribution in [0.4, 0.5) is 8.78 Å². The molecule has 5 heteroatoms. The van der Waals surface area contributed by atoms with E-state index in [2.05, 4.69) is 5.43 Å². The summed E-state index contributed by atoms with van der Waals surface area (Å²) in [5.41, 5.74) is 3.27. The normalized spacial score (nSPS) is 12.7. The lowest BCUT2D eigenvalue weighted by molar-refractivity contribution is 0.497. The predicted octanol–water partition coefficient (Wildman–Crippen LogP) is 2.73. The van der Waals surface area contributed by atoms with E-state index in [0.717, 1.165) is 0 Å². The molecule has 3 N–H and O–H groups in total. The summed E-state index contributed by atoms with van der Waals surface area (Å²) in [7, 11) is 0. The van der Waals surface area contributed by atoms with E-state index in [4.69, 9.17) is 10.3 Å². The van der Waals surface area contributed by atoms with Crippen LogP contribution in [-0.2, 0) is 0 Å². The van der Waals surface area contributed by atoms with Crippen molar-refractivity contribution in [1.82, 2.24) is 5.43 Å². The zero-order chi connectivity index (χ0) is 13.3. The van der Waals surface area contributed by atoms with Gasteiger partial charge in [0.1, 0.15) is 17.4 Å². The highest BCUT2D eigenvalue weighted by Gasteiger charge is 2.23. The van der Waals surface area contributed by atoms with E-state index in [9.17, 15) is 8.78 Å². The minimum Gasteiger partial charge on any atom is -0.469 e. The van der Waals surface area contributed by atoms with Crippen molar-refractivity contribution >= 4 is 0 Å². The van der Waals surface area contributed by atoms with Crippen molar-refractivity contribution in [2.45, 2.75) is 19.9 Å². The van der Waals surface area contributed by atoms with Gasteiger partial charge in [0.05, 0.1) is 12.3 Å². The van der Waals surface area contributed by atoms with E-state index in [-0.39, 0.29) is 5.56 Å². The number of benzene rings is 1. The molecular weight excluding hydrogens is 238 g/mol. The first-order chi connectivity index (χ1) is 8.54. The molecule has 0 radical (unpaired) electrons. The number of nitrogens with one attached hydrogen (secondary N) is 1. The second-order valence-electron chi connectivity index (χ2n) is 4.18. The Labute approximate surface area is 104 Å². The number of furan rings is 1. The van der Waals surface area contributed by atoms with Gasteiger partial charge in [-0.2, -0.15) is 0 Å². The highest BCUT2D eigenvalue weighted by atomic mass is 19.1. The molecule has 0 amide bonds. The third-order valence-corrected chi connectivity index (χ3v) is 2.86. The van der Waals surface area contributed by atoms with Gasteiger partial charge in [-0.25, -0.2) is 14.2 Å². The maximum atomic E-state index is 14.0. The molecule has 1 aromatic carbocycles. The number of aryl methyl sites for hydroxylation is 2. The summed E-state index contributed by atoms with van der Waals surface area (Å²) >= 11 is 0.